The first-order valence-corrected chi connectivity index (χ1v) is 7.35. The molecule has 0 saturated heterocycles. The van der Waals surface area contributed by atoms with Crippen LogP contribution >= 0.6 is 0 Å². The van der Waals surface area contributed by atoms with Crippen LogP contribution in [0.1, 0.15) is 30.5 Å². The van der Waals surface area contributed by atoms with Crippen molar-refractivity contribution in [1.29, 1.82) is 0 Å². The third kappa shape index (κ3) is 4.80. The van der Waals surface area contributed by atoms with E-state index >= 15 is 0 Å². The Hall–Kier alpha value is -2.50. The molecule has 1 atom stereocenters. The minimum Gasteiger partial charge on any atom is -0.508 e. The number of nitrogens with zero attached hydrogens (tertiary/aromatic N) is 2. The minimum atomic E-state index is -0.179. The van der Waals surface area contributed by atoms with E-state index in [0.29, 0.717) is 6.54 Å². The summed E-state index contributed by atoms with van der Waals surface area (Å²) < 4.78 is 1.71. The molecular formula is C16H22N4O2. The molecule has 1 heterocycles. The van der Waals surface area contributed by atoms with Crippen LogP contribution < -0.4 is 10.6 Å². The van der Waals surface area contributed by atoms with Gasteiger partial charge in [-0.05, 0) is 37.5 Å². The number of urea groups is 1. The predicted molar refractivity (Wildman–Crippen MR) is 84.6 cm³/mol. The van der Waals surface area contributed by atoms with Crippen molar-refractivity contribution in [2.75, 3.05) is 6.54 Å². The predicted octanol–water partition coefficient (Wildman–Crippen LogP) is 2.12. The Balaban J connectivity index is 1.66. The topological polar surface area (TPSA) is 79.2 Å². The molecule has 3 N–H and O–H groups in total. The number of aromatic hydroxyl groups is 1. The molecule has 0 aliphatic heterocycles. The maximum Gasteiger partial charge on any atom is 0.315 e. The number of nitrogens with one attached hydrogen (secondary N) is 2. The van der Waals surface area contributed by atoms with Crippen LogP contribution in [0.15, 0.2) is 36.7 Å². The smallest absolute Gasteiger partial charge is 0.315 e. The Morgan fingerprint density at radius 1 is 1.36 bits per heavy atom. The number of amides is 2. The first-order chi connectivity index (χ1) is 10.5. The van der Waals surface area contributed by atoms with Crippen molar-refractivity contribution in [2.24, 2.45) is 7.05 Å². The van der Waals surface area contributed by atoms with Gasteiger partial charge in [-0.3, -0.25) is 4.68 Å². The maximum atomic E-state index is 11.8. The lowest BCUT2D eigenvalue weighted by atomic mass is 10.1. The lowest BCUT2D eigenvalue weighted by Gasteiger charge is -2.13. The van der Waals surface area contributed by atoms with Crippen molar-refractivity contribution in [1.82, 2.24) is 20.4 Å². The number of carbonyl (C=O) groups excluding carboxylic acids is 1. The van der Waals surface area contributed by atoms with Gasteiger partial charge in [0.05, 0.1) is 12.2 Å². The van der Waals surface area contributed by atoms with Crippen molar-refractivity contribution >= 4 is 6.03 Å². The van der Waals surface area contributed by atoms with Crippen molar-refractivity contribution in [2.45, 2.75) is 25.8 Å². The standard InChI is InChI=1S/C16H22N4O2/c1-12(14-10-18-20(2)11-14)19-16(22)17-9-3-4-13-5-7-15(21)8-6-13/h5-8,10-12,21H,3-4,9H2,1-2H3,(H2,17,19,22)/t12-/m1/s1. The molecule has 0 unspecified atom stereocenters. The molecular weight excluding hydrogens is 280 g/mol. The van der Waals surface area contributed by atoms with Crippen molar-refractivity contribution in [3.05, 3.63) is 47.8 Å². The highest BCUT2D eigenvalue weighted by Gasteiger charge is 2.10. The number of hydrogen-bond acceptors (Lipinski definition) is 3. The van der Waals surface area contributed by atoms with Crippen molar-refractivity contribution in [3.8, 4) is 5.75 Å². The van der Waals surface area contributed by atoms with Gasteiger partial charge >= 0.3 is 6.03 Å². The molecule has 0 bridgehead atoms. The average Bonchev–Trinajstić information content (AvgIpc) is 2.92. The first kappa shape index (κ1) is 15.9. The Bertz CT molecular complexity index is 607. The van der Waals surface area contributed by atoms with Crippen LogP contribution in [0, 0.1) is 0 Å². The molecule has 2 rings (SSSR count). The zero-order valence-corrected chi connectivity index (χ0v) is 12.9. The van der Waals surface area contributed by atoms with Crippen LogP contribution in [-0.2, 0) is 13.5 Å². The SMILES string of the molecule is C[C@@H](NC(=O)NCCCc1ccc(O)cc1)c1cnn(C)c1. The molecule has 0 spiro atoms. The number of phenolic OH excluding ortho intramolecular Hbond substituents is 1. The lowest BCUT2D eigenvalue weighted by Crippen LogP contribution is -2.37. The van der Waals surface area contributed by atoms with E-state index < -0.39 is 0 Å². The van der Waals surface area contributed by atoms with E-state index in [-0.39, 0.29) is 17.8 Å². The van der Waals surface area contributed by atoms with Crippen LogP contribution in [-0.4, -0.2) is 27.5 Å². The summed E-state index contributed by atoms with van der Waals surface area (Å²) in [6.07, 6.45) is 5.34. The van der Waals surface area contributed by atoms with E-state index in [2.05, 4.69) is 15.7 Å². The van der Waals surface area contributed by atoms with Gasteiger partial charge in [-0.15, -0.1) is 0 Å². The van der Waals surface area contributed by atoms with Crippen LogP contribution in [0.25, 0.3) is 0 Å². The van der Waals surface area contributed by atoms with Crippen molar-refractivity contribution in [3.63, 3.8) is 0 Å². The molecule has 0 fully saturated rings. The van der Waals surface area contributed by atoms with Crippen LogP contribution in [0.2, 0.25) is 0 Å². The number of rotatable bonds is 6. The Kier molecular flexibility index (Phi) is 5.41. The maximum absolute atomic E-state index is 11.8. The van der Waals surface area contributed by atoms with Gasteiger partial charge in [0.25, 0.3) is 0 Å². The second-order valence-corrected chi connectivity index (χ2v) is 5.34. The van der Waals surface area contributed by atoms with Gasteiger partial charge in [-0.1, -0.05) is 12.1 Å². The average molecular weight is 302 g/mol. The van der Waals surface area contributed by atoms with E-state index in [1.54, 1.807) is 23.0 Å². The first-order valence-electron chi connectivity index (χ1n) is 7.35. The van der Waals surface area contributed by atoms with Gasteiger partial charge in [-0.2, -0.15) is 5.10 Å². The van der Waals surface area contributed by atoms with E-state index in [4.69, 9.17) is 0 Å². The summed E-state index contributed by atoms with van der Waals surface area (Å²) in [5, 5.41) is 19.0. The van der Waals surface area contributed by atoms with E-state index in [1.165, 1.54) is 0 Å². The molecule has 0 saturated carbocycles. The number of carbonyl (C=O) groups is 1. The summed E-state index contributed by atoms with van der Waals surface area (Å²) in [7, 11) is 1.85. The summed E-state index contributed by atoms with van der Waals surface area (Å²) >= 11 is 0. The lowest BCUT2D eigenvalue weighted by molar-refractivity contribution is 0.238. The molecule has 6 heteroatoms. The summed E-state index contributed by atoms with van der Waals surface area (Å²) in [5.41, 5.74) is 2.12. The summed E-state index contributed by atoms with van der Waals surface area (Å²) in [5.74, 6) is 0.269. The largest absolute Gasteiger partial charge is 0.508 e. The monoisotopic (exact) mass is 302 g/mol. The van der Waals surface area contributed by atoms with Gasteiger partial charge in [0.1, 0.15) is 5.75 Å². The molecule has 0 aliphatic rings. The highest BCUT2D eigenvalue weighted by Crippen LogP contribution is 2.11. The van der Waals surface area contributed by atoms with Gasteiger partial charge in [-0.25, -0.2) is 4.79 Å². The van der Waals surface area contributed by atoms with Gasteiger partial charge in [0.15, 0.2) is 0 Å². The fraction of sp³-hybridized carbons (Fsp3) is 0.375. The van der Waals surface area contributed by atoms with E-state index in [0.717, 1.165) is 24.0 Å². The van der Waals surface area contributed by atoms with Crippen LogP contribution in [0.4, 0.5) is 4.79 Å². The summed E-state index contributed by atoms with van der Waals surface area (Å²) in [6.45, 7) is 2.53. The molecule has 1 aromatic carbocycles. The normalized spacial score (nSPS) is 11.9. The fourth-order valence-corrected chi connectivity index (χ4v) is 2.15. The quantitative estimate of drug-likeness (QED) is 0.715. The van der Waals surface area contributed by atoms with Crippen molar-refractivity contribution < 1.29 is 9.90 Å². The fourth-order valence-electron chi connectivity index (χ4n) is 2.15. The van der Waals surface area contributed by atoms with Gasteiger partial charge < -0.3 is 15.7 Å². The number of hydrogen-bond donors (Lipinski definition) is 3. The highest BCUT2D eigenvalue weighted by atomic mass is 16.3. The Morgan fingerprint density at radius 2 is 2.09 bits per heavy atom. The summed E-state index contributed by atoms with van der Waals surface area (Å²) in [4.78, 5) is 11.8. The third-order valence-electron chi connectivity index (χ3n) is 3.44. The summed E-state index contributed by atoms with van der Waals surface area (Å²) in [6, 6.07) is 6.86. The molecule has 2 aromatic rings. The van der Waals surface area contributed by atoms with Gasteiger partial charge in [0, 0.05) is 25.4 Å². The van der Waals surface area contributed by atoms with Gasteiger partial charge in [0.2, 0.25) is 0 Å². The second kappa shape index (κ2) is 7.49. The molecule has 0 radical (unpaired) electrons. The number of aryl methyl sites for hydroxylation is 2. The minimum absolute atomic E-state index is 0.0780. The Morgan fingerprint density at radius 3 is 2.73 bits per heavy atom. The molecule has 118 valence electrons. The zero-order valence-electron chi connectivity index (χ0n) is 12.9. The van der Waals surface area contributed by atoms with Crippen LogP contribution in [0.5, 0.6) is 5.75 Å². The van der Waals surface area contributed by atoms with E-state index in [9.17, 15) is 9.90 Å². The third-order valence-corrected chi connectivity index (χ3v) is 3.44. The zero-order chi connectivity index (χ0) is 15.9. The Labute approximate surface area is 130 Å². The highest BCUT2D eigenvalue weighted by molar-refractivity contribution is 5.74. The molecule has 22 heavy (non-hydrogen) atoms. The molecule has 0 aliphatic carbocycles. The molecule has 2 amide bonds. The number of benzene rings is 1. The van der Waals surface area contributed by atoms with Crippen LogP contribution in [0.3, 0.4) is 0 Å². The molecule has 6 nitrogen and oxygen atoms in total. The van der Waals surface area contributed by atoms with E-state index in [1.807, 2.05) is 32.3 Å². The number of phenols is 1. The number of aromatic nitrogens is 2. The second-order valence-electron chi connectivity index (χ2n) is 5.34. The molecule has 1 aromatic heterocycles.